The highest BCUT2D eigenvalue weighted by atomic mass is 16.2. The van der Waals surface area contributed by atoms with Crippen molar-refractivity contribution in [3.8, 4) is 0 Å². The van der Waals surface area contributed by atoms with Crippen LogP contribution < -0.4 is 16.0 Å². The number of hydrogen-bond donors (Lipinski definition) is 3. The first kappa shape index (κ1) is 11.4. The second-order valence-corrected chi connectivity index (χ2v) is 4.74. The molecule has 2 saturated heterocycles. The third kappa shape index (κ3) is 2.72. The van der Waals surface area contributed by atoms with Gasteiger partial charge < -0.3 is 16.0 Å². The second kappa shape index (κ2) is 4.82. The molecule has 16 heavy (non-hydrogen) atoms. The minimum Gasteiger partial charge on any atom is -0.351 e. The maximum Gasteiger partial charge on any atom is 0.242 e. The van der Waals surface area contributed by atoms with Crippen LogP contribution in [0.4, 0.5) is 0 Å². The predicted molar refractivity (Wildman–Crippen MR) is 59.8 cm³/mol. The smallest absolute Gasteiger partial charge is 0.242 e. The Balaban J connectivity index is 1.80. The van der Waals surface area contributed by atoms with E-state index in [1.807, 2.05) is 0 Å². The van der Waals surface area contributed by atoms with Crippen LogP contribution in [0.1, 0.15) is 32.6 Å². The van der Waals surface area contributed by atoms with Gasteiger partial charge in [0.1, 0.15) is 6.04 Å². The number of piperidine rings is 1. The summed E-state index contributed by atoms with van der Waals surface area (Å²) in [5, 5.41) is 9.05. The van der Waals surface area contributed by atoms with E-state index in [2.05, 4.69) is 22.9 Å². The molecule has 3 atom stereocenters. The van der Waals surface area contributed by atoms with Crippen LogP contribution in [0.15, 0.2) is 0 Å². The van der Waals surface area contributed by atoms with Crippen molar-refractivity contribution < 1.29 is 9.59 Å². The fourth-order valence-electron chi connectivity index (χ4n) is 2.38. The van der Waals surface area contributed by atoms with Crippen LogP contribution in [-0.2, 0) is 9.59 Å². The molecule has 0 spiro atoms. The lowest BCUT2D eigenvalue weighted by Gasteiger charge is -2.29. The standard InChI is InChI=1S/C11H19N3O2/c1-7-6-8(4-5-12-7)13-11(16)9-2-3-10(15)14-9/h7-9,12H,2-6H2,1H3,(H,13,16)(H,14,15)/t7?,8?,9-/m1/s1. The van der Waals surface area contributed by atoms with Crippen LogP contribution in [0.5, 0.6) is 0 Å². The van der Waals surface area contributed by atoms with Crippen molar-refractivity contribution in [3.63, 3.8) is 0 Å². The summed E-state index contributed by atoms with van der Waals surface area (Å²) in [6.07, 6.45) is 3.04. The lowest BCUT2D eigenvalue weighted by atomic mass is 10.0. The maximum absolute atomic E-state index is 11.8. The Morgan fingerprint density at radius 2 is 2.25 bits per heavy atom. The van der Waals surface area contributed by atoms with E-state index >= 15 is 0 Å². The fourth-order valence-corrected chi connectivity index (χ4v) is 2.38. The summed E-state index contributed by atoms with van der Waals surface area (Å²) < 4.78 is 0. The Bertz CT molecular complexity index is 293. The zero-order valence-corrected chi connectivity index (χ0v) is 9.58. The minimum atomic E-state index is -0.308. The van der Waals surface area contributed by atoms with Gasteiger partial charge >= 0.3 is 0 Å². The van der Waals surface area contributed by atoms with E-state index in [9.17, 15) is 9.59 Å². The van der Waals surface area contributed by atoms with Crippen LogP contribution in [0.25, 0.3) is 0 Å². The molecule has 5 heteroatoms. The van der Waals surface area contributed by atoms with Gasteiger partial charge in [0.15, 0.2) is 0 Å². The van der Waals surface area contributed by atoms with Crippen LogP contribution in [-0.4, -0.2) is 36.5 Å². The van der Waals surface area contributed by atoms with Gasteiger partial charge in [0, 0.05) is 18.5 Å². The van der Waals surface area contributed by atoms with Crippen LogP contribution in [0, 0.1) is 0 Å². The summed E-state index contributed by atoms with van der Waals surface area (Å²) >= 11 is 0. The molecule has 3 N–H and O–H groups in total. The summed E-state index contributed by atoms with van der Waals surface area (Å²) in [5.74, 6) is -0.0382. The topological polar surface area (TPSA) is 70.2 Å². The number of nitrogens with one attached hydrogen (secondary N) is 3. The molecule has 90 valence electrons. The molecule has 2 fully saturated rings. The first-order chi connectivity index (χ1) is 7.65. The highest BCUT2D eigenvalue weighted by Gasteiger charge is 2.29. The molecule has 2 aliphatic rings. The highest BCUT2D eigenvalue weighted by Crippen LogP contribution is 2.11. The van der Waals surface area contributed by atoms with Crippen molar-refractivity contribution in [2.24, 2.45) is 0 Å². The second-order valence-electron chi connectivity index (χ2n) is 4.74. The number of hydrogen-bond acceptors (Lipinski definition) is 3. The van der Waals surface area contributed by atoms with Crippen LogP contribution in [0.2, 0.25) is 0 Å². The van der Waals surface area contributed by atoms with Gasteiger partial charge in [-0.25, -0.2) is 0 Å². The van der Waals surface area contributed by atoms with Crippen molar-refractivity contribution in [1.82, 2.24) is 16.0 Å². The van der Waals surface area contributed by atoms with Gasteiger partial charge in [0.25, 0.3) is 0 Å². The van der Waals surface area contributed by atoms with Crippen LogP contribution >= 0.6 is 0 Å². The first-order valence-electron chi connectivity index (χ1n) is 5.98. The summed E-state index contributed by atoms with van der Waals surface area (Å²) in [5.41, 5.74) is 0. The maximum atomic E-state index is 11.8. The molecule has 0 bridgehead atoms. The molecule has 2 unspecified atom stereocenters. The lowest BCUT2D eigenvalue weighted by molar-refractivity contribution is -0.126. The van der Waals surface area contributed by atoms with E-state index in [0.29, 0.717) is 18.9 Å². The van der Waals surface area contributed by atoms with Crippen LogP contribution in [0.3, 0.4) is 0 Å². The number of amides is 2. The average molecular weight is 225 g/mol. The normalized spacial score (nSPS) is 34.6. The first-order valence-corrected chi connectivity index (χ1v) is 5.98. The van der Waals surface area contributed by atoms with Crippen molar-refractivity contribution in [1.29, 1.82) is 0 Å². The van der Waals surface area contributed by atoms with E-state index in [-0.39, 0.29) is 23.9 Å². The third-order valence-corrected chi connectivity index (χ3v) is 3.28. The molecule has 0 radical (unpaired) electrons. The monoisotopic (exact) mass is 225 g/mol. The summed E-state index contributed by atoms with van der Waals surface area (Å²) in [6.45, 7) is 3.07. The molecule has 2 rings (SSSR count). The zero-order valence-electron chi connectivity index (χ0n) is 9.58. The van der Waals surface area contributed by atoms with Gasteiger partial charge in [-0.15, -0.1) is 0 Å². The van der Waals surface area contributed by atoms with E-state index < -0.39 is 0 Å². The molecule has 0 aliphatic carbocycles. The van der Waals surface area contributed by atoms with E-state index in [1.165, 1.54) is 0 Å². The largest absolute Gasteiger partial charge is 0.351 e. The van der Waals surface area contributed by atoms with Gasteiger partial charge in [0.05, 0.1) is 0 Å². The van der Waals surface area contributed by atoms with Gasteiger partial charge in [-0.1, -0.05) is 0 Å². The molecule has 0 aromatic rings. The predicted octanol–water partition coefficient (Wildman–Crippen LogP) is -0.478. The van der Waals surface area contributed by atoms with Gasteiger partial charge in [0.2, 0.25) is 11.8 Å². The SMILES string of the molecule is CC1CC(NC(=O)[C@H]2CCC(=O)N2)CCN1. The Kier molecular flexibility index (Phi) is 3.43. The number of rotatable bonds is 2. The quantitative estimate of drug-likeness (QED) is 0.594. The van der Waals surface area contributed by atoms with Crippen molar-refractivity contribution in [2.45, 2.75) is 50.7 Å². The number of carbonyl (C=O) groups is 2. The molecule has 2 aliphatic heterocycles. The minimum absolute atomic E-state index is 0.0150. The average Bonchev–Trinajstić information content (AvgIpc) is 2.65. The summed E-state index contributed by atoms with van der Waals surface area (Å²) in [7, 11) is 0. The van der Waals surface area contributed by atoms with E-state index in [4.69, 9.17) is 0 Å². The van der Waals surface area contributed by atoms with Crippen molar-refractivity contribution in [3.05, 3.63) is 0 Å². The molecule has 0 aromatic heterocycles. The van der Waals surface area contributed by atoms with Gasteiger partial charge in [-0.3, -0.25) is 9.59 Å². The Hall–Kier alpha value is -1.10. The molecule has 2 heterocycles. The van der Waals surface area contributed by atoms with E-state index in [0.717, 1.165) is 19.4 Å². The highest BCUT2D eigenvalue weighted by molar-refractivity contribution is 5.90. The zero-order chi connectivity index (χ0) is 11.5. The fraction of sp³-hybridized carbons (Fsp3) is 0.818. The van der Waals surface area contributed by atoms with Crippen molar-refractivity contribution in [2.75, 3.05) is 6.54 Å². The molecule has 2 amide bonds. The molecular weight excluding hydrogens is 206 g/mol. The molecule has 5 nitrogen and oxygen atoms in total. The number of carbonyl (C=O) groups excluding carboxylic acids is 2. The Morgan fingerprint density at radius 1 is 1.44 bits per heavy atom. The van der Waals surface area contributed by atoms with Gasteiger partial charge in [-0.05, 0) is 32.7 Å². The summed E-state index contributed by atoms with van der Waals surface area (Å²) in [4.78, 5) is 22.8. The molecular formula is C11H19N3O2. The van der Waals surface area contributed by atoms with Gasteiger partial charge in [-0.2, -0.15) is 0 Å². The molecule has 0 saturated carbocycles. The molecule has 0 aromatic carbocycles. The van der Waals surface area contributed by atoms with Crippen molar-refractivity contribution >= 4 is 11.8 Å². The Labute approximate surface area is 95.3 Å². The third-order valence-electron chi connectivity index (χ3n) is 3.28. The lowest BCUT2D eigenvalue weighted by Crippen LogP contribution is -2.51. The van der Waals surface area contributed by atoms with E-state index in [1.54, 1.807) is 0 Å². The summed E-state index contributed by atoms with van der Waals surface area (Å²) in [6, 6.07) is 0.399. The Morgan fingerprint density at radius 3 is 2.88 bits per heavy atom.